The zero-order valence-corrected chi connectivity index (χ0v) is 11.1. The van der Waals surface area contributed by atoms with E-state index in [1.807, 2.05) is 54.6 Å². The van der Waals surface area contributed by atoms with E-state index in [9.17, 15) is 4.39 Å². The Morgan fingerprint density at radius 1 is 1.05 bits per heavy atom. The lowest BCUT2D eigenvalue weighted by molar-refractivity contribution is 0.415. The van der Waals surface area contributed by atoms with Crippen molar-refractivity contribution in [2.24, 2.45) is 0 Å². The molecule has 0 unspecified atom stereocenters. The third kappa shape index (κ3) is 2.30. The summed E-state index contributed by atoms with van der Waals surface area (Å²) in [5.74, 6) is 0.449. The number of hydrogen-bond acceptors (Lipinski definition) is 1. The van der Waals surface area contributed by atoms with Crippen molar-refractivity contribution in [2.75, 3.05) is 7.11 Å². The Morgan fingerprint density at radius 3 is 2.55 bits per heavy atom. The summed E-state index contributed by atoms with van der Waals surface area (Å²) in [6.07, 6.45) is 3.24. The summed E-state index contributed by atoms with van der Waals surface area (Å²) in [5.41, 5.74) is 1.65. The van der Waals surface area contributed by atoms with Gasteiger partial charge in [-0.05, 0) is 35.9 Å². The number of nitrogens with zero attached hydrogens (tertiary/aromatic N) is 1. The molecular formula is C17H14FNO. The first-order valence-electron chi connectivity index (χ1n) is 6.35. The van der Waals surface area contributed by atoms with Crippen molar-refractivity contribution in [3.8, 4) is 5.75 Å². The second-order valence-electron chi connectivity index (χ2n) is 4.48. The normalized spacial score (nSPS) is 11.8. The van der Waals surface area contributed by atoms with Crippen molar-refractivity contribution in [2.45, 2.75) is 0 Å². The molecule has 2 aromatic carbocycles. The van der Waals surface area contributed by atoms with Crippen LogP contribution in [0.3, 0.4) is 0 Å². The van der Waals surface area contributed by atoms with Gasteiger partial charge in [-0.15, -0.1) is 0 Å². The van der Waals surface area contributed by atoms with Crippen LogP contribution in [0, 0.1) is 0 Å². The van der Waals surface area contributed by atoms with Crippen molar-refractivity contribution >= 4 is 22.9 Å². The summed E-state index contributed by atoms with van der Waals surface area (Å²) in [7, 11) is 1.61. The molecule has 3 heteroatoms. The predicted molar refractivity (Wildman–Crippen MR) is 80.2 cm³/mol. The second-order valence-corrected chi connectivity index (χ2v) is 4.48. The number of methoxy groups -OCH3 is 1. The Kier molecular flexibility index (Phi) is 3.25. The smallest absolute Gasteiger partial charge is 0.198 e. The molecule has 2 nitrogen and oxygen atoms in total. The third-order valence-corrected chi connectivity index (χ3v) is 3.23. The summed E-state index contributed by atoms with van der Waals surface area (Å²) in [6, 6.07) is 16.9. The second kappa shape index (κ2) is 5.21. The van der Waals surface area contributed by atoms with Gasteiger partial charge in [-0.3, -0.25) is 4.57 Å². The molecule has 0 saturated carbocycles. The SMILES string of the molecule is COc1ccc(/C=C(/F)n2ccc3ccccc32)cc1. The molecule has 20 heavy (non-hydrogen) atoms. The third-order valence-electron chi connectivity index (χ3n) is 3.23. The molecule has 0 spiro atoms. The number of rotatable bonds is 3. The molecule has 0 saturated heterocycles. The van der Waals surface area contributed by atoms with Gasteiger partial charge in [-0.1, -0.05) is 30.3 Å². The van der Waals surface area contributed by atoms with Gasteiger partial charge in [0.2, 0.25) is 0 Å². The van der Waals surface area contributed by atoms with Crippen LogP contribution < -0.4 is 4.74 Å². The molecule has 0 fully saturated rings. The Hall–Kier alpha value is -2.55. The van der Waals surface area contributed by atoms with Crippen molar-refractivity contribution in [3.05, 3.63) is 66.4 Å². The molecule has 0 radical (unpaired) electrons. The molecule has 1 aromatic heterocycles. The van der Waals surface area contributed by atoms with Gasteiger partial charge in [0, 0.05) is 11.6 Å². The fourth-order valence-electron chi connectivity index (χ4n) is 2.18. The first-order valence-corrected chi connectivity index (χ1v) is 6.35. The molecule has 100 valence electrons. The van der Waals surface area contributed by atoms with Gasteiger partial charge in [0.25, 0.3) is 0 Å². The first-order chi connectivity index (χ1) is 9.78. The highest BCUT2D eigenvalue weighted by Gasteiger charge is 2.04. The molecule has 0 amide bonds. The number of para-hydroxylation sites is 1. The fraction of sp³-hybridized carbons (Fsp3) is 0.0588. The van der Waals surface area contributed by atoms with E-state index in [0.717, 1.165) is 22.2 Å². The van der Waals surface area contributed by atoms with Gasteiger partial charge < -0.3 is 4.74 Å². The van der Waals surface area contributed by atoms with Crippen LogP contribution in [0.15, 0.2) is 60.8 Å². The Morgan fingerprint density at radius 2 is 1.80 bits per heavy atom. The van der Waals surface area contributed by atoms with Gasteiger partial charge in [-0.25, -0.2) is 0 Å². The molecule has 0 aliphatic heterocycles. The first kappa shape index (κ1) is 12.5. The summed E-state index contributed by atoms with van der Waals surface area (Å²) in [4.78, 5) is 0. The summed E-state index contributed by atoms with van der Waals surface area (Å²) in [5, 5.41) is 1.02. The minimum atomic E-state index is -0.309. The molecule has 3 rings (SSSR count). The average Bonchev–Trinajstić information content (AvgIpc) is 2.92. The summed E-state index contributed by atoms with van der Waals surface area (Å²) in [6.45, 7) is 0. The van der Waals surface area contributed by atoms with E-state index in [0.29, 0.717) is 0 Å². The summed E-state index contributed by atoms with van der Waals surface area (Å²) >= 11 is 0. The van der Waals surface area contributed by atoms with Gasteiger partial charge in [0.15, 0.2) is 5.95 Å². The number of fused-ring (bicyclic) bond motifs is 1. The molecule has 0 N–H and O–H groups in total. The monoisotopic (exact) mass is 267 g/mol. The van der Waals surface area contributed by atoms with Crippen LogP contribution in [0.4, 0.5) is 4.39 Å². The molecular weight excluding hydrogens is 253 g/mol. The maximum absolute atomic E-state index is 14.4. The van der Waals surface area contributed by atoms with Crippen LogP contribution in [-0.2, 0) is 0 Å². The van der Waals surface area contributed by atoms with Crippen LogP contribution in [0.5, 0.6) is 5.75 Å². The average molecular weight is 267 g/mol. The van der Waals surface area contributed by atoms with Crippen LogP contribution in [0.1, 0.15) is 5.56 Å². The minimum absolute atomic E-state index is 0.309. The predicted octanol–water partition coefficient (Wildman–Crippen LogP) is 4.58. The zero-order chi connectivity index (χ0) is 13.9. The lowest BCUT2D eigenvalue weighted by Gasteiger charge is -2.03. The number of ether oxygens (including phenoxy) is 1. The molecule has 0 bridgehead atoms. The number of aromatic nitrogens is 1. The molecule has 0 aliphatic carbocycles. The highest BCUT2D eigenvalue weighted by molar-refractivity contribution is 5.84. The maximum atomic E-state index is 14.4. The Bertz CT molecular complexity index is 756. The van der Waals surface area contributed by atoms with Crippen molar-refractivity contribution in [1.82, 2.24) is 4.57 Å². The van der Waals surface area contributed by atoms with E-state index in [4.69, 9.17) is 4.74 Å². The van der Waals surface area contributed by atoms with E-state index in [1.54, 1.807) is 17.9 Å². The Labute approximate surface area is 116 Å². The van der Waals surface area contributed by atoms with E-state index in [2.05, 4.69) is 0 Å². The largest absolute Gasteiger partial charge is 0.497 e. The van der Waals surface area contributed by atoms with Crippen LogP contribution >= 0.6 is 0 Å². The standard InChI is InChI=1S/C17H14FNO/c1-20-15-8-6-13(7-9-15)12-17(18)19-11-10-14-4-2-3-5-16(14)19/h2-12H,1H3/b17-12-. The van der Waals surface area contributed by atoms with E-state index < -0.39 is 0 Å². The summed E-state index contributed by atoms with van der Waals surface area (Å²) < 4.78 is 21.0. The van der Waals surface area contributed by atoms with Crippen molar-refractivity contribution in [3.63, 3.8) is 0 Å². The van der Waals surface area contributed by atoms with Crippen LogP contribution in [-0.4, -0.2) is 11.7 Å². The topological polar surface area (TPSA) is 14.2 Å². The van der Waals surface area contributed by atoms with E-state index >= 15 is 0 Å². The van der Waals surface area contributed by atoms with Crippen molar-refractivity contribution in [1.29, 1.82) is 0 Å². The number of halogens is 1. The molecule has 0 aliphatic rings. The lowest BCUT2D eigenvalue weighted by Crippen LogP contribution is -1.89. The van der Waals surface area contributed by atoms with Gasteiger partial charge in [-0.2, -0.15) is 4.39 Å². The van der Waals surface area contributed by atoms with Crippen molar-refractivity contribution < 1.29 is 9.13 Å². The van der Waals surface area contributed by atoms with Gasteiger partial charge >= 0.3 is 0 Å². The van der Waals surface area contributed by atoms with E-state index in [1.165, 1.54) is 6.08 Å². The molecule has 3 aromatic rings. The zero-order valence-electron chi connectivity index (χ0n) is 11.1. The lowest BCUT2D eigenvalue weighted by atomic mass is 10.2. The molecule has 1 heterocycles. The van der Waals surface area contributed by atoms with E-state index in [-0.39, 0.29) is 5.95 Å². The number of hydrogen-bond donors (Lipinski definition) is 0. The van der Waals surface area contributed by atoms with Gasteiger partial charge in [0.1, 0.15) is 5.75 Å². The van der Waals surface area contributed by atoms with Crippen LogP contribution in [0.2, 0.25) is 0 Å². The quantitative estimate of drug-likeness (QED) is 0.677. The van der Waals surface area contributed by atoms with Crippen LogP contribution in [0.25, 0.3) is 22.9 Å². The maximum Gasteiger partial charge on any atom is 0.198 e. The van der Waals surface area contributed by atoms with Gasteiger partial charge in [0.05, 0.1) is 12.6 Å². The highest BCUT2D eigenvalue weighted by Crippen LogP contribution is 2.22. The minimum Gasteiger partial charge on any atom is -0.497 e. The fourth-order valence-corrected chi connectivity index (χ4v) is 2.18. The molecule has 0 atom stereocenters. The Balaban J connectivity index is 1.98. The highest BCUT2D eigenvalue weighted by atomic mass is 19.1. The number of benzene rings is 2.